The maximum atomic E-state index is 13.1. The monoisotopic (exact) mass is 1120 g/mol. The molecule has 7 N–H and O–H groups in total. The summed E-state index contributed by atoms with van der Waals surface area (Å²) in [7, 11) is 0. The zero-order valence-electron chi connectivity index (χ0n) is 50.1. The number of carbonyl (C=O) groups is 1. The Bertz CT molecular complexity index is 1450. The van der Waals surface area contributed by atoms with Crippen LogP contribution in [0.1, 0.15) is 271 Å². The van der Waals surface area contributed by atoms with Crippen LogP contribution in [0.2, 0.25) is 0 Å². The molecule has 2 fully saturated rings. The topological polar surface area (TPSA) is 214 Å². The predicted octanol–water partition coefficient (Wildman–Crippen LogP) is 12.9. The second-order valence-electron chi connectivity index (χ2n) is 22.9. The van der Waals surface area contributed by atoms with Gasteiger partial charge in [0.05, 0.1) is 26.4 Å². The summed E-state index contributed by atoms with van der Waals surface area (Å²) in [4.78, 5) is 13.1. The molecule has 11 atom stereocenters. The Balaban J connectivity index is 1.67. The van der Waals surface area contributed by atoms with Crippen molar-refractivity contribution in [3.05, 3.63) is 36.5 Å². The number of allylic oxidation sites excluding steroid dienone is 6. The van der Waals surface area contributed by atoms with Gasteiger partial charge in [0.2, 0.25) is 0 Å². The van der Waals surface area contributed by atoms with E-state index in [4.69, 9.17) is 28.4 Å². The minimum atomic E-state index is -1.71. The highest BCUT2D eigenvalue weighted by atomic mass is 16.7. The molecule has 2 rings (SSSR count). The van der Waals surface area contributed by atoms with Gasteiger partial charge < -0.3 is 64.2 Å². The van der Waals surface area contributed by atoms with E-state index in [1.54, 1.807) is 0 Å². The van der Waals surface area contributed by atoms with Gasteiger partial charge in [0.1, 0.15) is 54.9 Å². The highest BCUT2D eigenvalue weighted by Crippen LogP contribution is 2.27. The van der Waals surface area contributed by atoms with E-state index < -0.39 is 80.7 Å². The van der Waals surface area contributed by atoms with Crippen molar-refractivity contribution >= 4 is 5.97 Å². The van der Waals surface area contributed by atoms with Crippen LogP contribution in [0.3, 0.4) is 0 Å². The summed E-state index contributed by atoms with van der Waals surface area (Å²) in [5.74, 6) is -0.383. The number of hydrogen-bond donors (Lipinski definition) is 7. The number of unbranched alkanes of at least 4 members (excludes halogenated alkanes) is 34. The lowest BCUT2D eigenvalue weighted by Gasteiger charge is -2.42. The zero-order valence-corrected chi connectivity index (χ0v) is 50.1. The van der Waals surface area contributed by atoms with Gasteiger partial charge in [-0.1, -0.05) is 249 Å². The van der Waals surface area contributed by atoms with Crippen molar-refractivity contribution in [2.45, 2.75) is 338 Å². The SMILES string of the molecule is CCCCCCC/C=C\C/C=C\C/C=C\CCCCCCCCC(=O)OC(COCCCCCCCCCCCCCCCCCCCCCCCCCC)COC1OC(COC2OC(CO)C(O)C(O)C2O)C(O)C(O)C1O. The van der Waals surface area contributed by atoms with Gasteiger partial charge in [-0.3, -0.25) is 4.79 Å². The fourth-order valence-electron chi connectivity index (χ4n) is 10.4. The fraction of sp³-hybridized carbons (Fsp3) is 0.892. The summed E-state index contributed by atoms with van der Waals surface area (Å²) in [6, 6.07) is 0. The zero-order chi connectivity index (χ0) is 57.2. The molecule has 2 aliphatic heterocycles. The number of carbonyl (C=O) groups excluding carboxylic acids is 1. The van der Waals surface area contributed by atoms with Crippen molar-refractivity contribution in [1.82, 2.24) is 0 Å². The molecule has 11 unspecified atom stereocenters. The average molecular weight is 1130 g/mol. The predicted molar refractivity (Wildman–Crippen MR) is 316 cm³/mol. The number of hydrogen-bond acceptors (Lipinski definition) is 14. The van der Waals surface area contributed by atoms with E-state index >= 15 is 0 Å². The summed E-state index contributed by atoms with van der Waals surface area (Å²) in [5.41, 5.74) is 0. The maximum absolute atomic E-state index is 13.1. The first-order valence-corrected chi connectivity index (χ1v) is 32.6. The standard InChI is InChI=1S/C65H120O14/c1-3-5-7-9-11-13-15-17-19-21-23-25-26-27-29-31-33-35-37-39-41-43-45-47-49-74-51-54(52-75-64-63(73)61(71)59(69)56(79-64)53-76-65-62(72)60(70)58(68)55(50-66)78-65)77-57(67)48-46-44-42-40-38-36-34-32-30-28-24-22-20-18-16-14-12-10-8-6-4-2/h16,18,22,24,30,32,54-56,58-66,68-73H,3-15,17,19-21,23,25-29,31,33-53H2,1-2H3/b18-16-,24-22-,32-30-. The molecule has 0 saturated carbocycles. The van der Waals surface area contributed by atoms with Gasteiger partial charge in [0.25, 0.3) is 0 Å². The lowest BCUT2D eigenvalue weighted by molar-refractivity contribution is -0.332. The Morgan fingerprint density at radius 2 is 0.785 bits per heavy atom. The molecule has 2 saturated heterocycles. The van der Waals surface area contributed by atoms with Crippen LogP contribution in [0.25, 0.3) is 0 Å². The quantitative estimate of drug-likeness (QED) is 0.0172. The Labute approximate surface area is 480 Å². The third kappa shape index (κ3) is 37.9. The van der Waals surface area contributed by atoms with Crippen LogP contribution in [0.15, 0.2) is 36.5 Å². The Kier molecular flexibility index (Phi) is 48.1. The Morgan fingerprint density at radius 1 is 0.418 bits per heavy atom. The molecule has 0 aliphatic carbocycles. The van der Waals surface area contributed by atoms with Crippen molar-refractivity contribution in [1.29, 1.82) is 0 Å². The van der Waals surface area contributed by atoms with Gasteiger partial charge in [-0.2, -0.15) is 0 Å². The molecule has 0 bridgehead atoms. The van der Waals surface area contributed by atoms with E-state index in [9.17, 15) is 40.5 Å². The maximum Gasteiger partial charge on any atom is 0.306 e. The fourth-order valence-corrected chi connectivity index (χ4v) is 10.4. The van der Waals surface area contributed by atoms with E-state index in [2.05, 4.69) is 50.3 Å². The van der Waals surface area contributed by atoms with E-state index in [0.29, 0.717) is 13.0 Å². The average Bonchev–Trinajstić information content (AvgIpc) is 3.45. The minimum Gasteiger partial charge on any atom is -0.457 e. The molecule has 0 amide bonds. The smallest absolute Gasteiger partial charge is 0.306 e. The highest BCUT2D eigenvalue weighted by molar-refractivity contribution is 5.69. The molecule has 14 heteroatoms. The van der Waals surface area contributed by atoms with Crippen LogP contribution in [-0.2, 0) is 33.2 Å². The molecule has 0 aromatic rings. The van der Waals surface area contributed by atoms with Gasteiger partial charge in [0, 0.05) is 13.0 Å². The summed E-state index contributed by atoms with van der Waals surface area (Å²) >= 11 is 0. The first-order chi connectivity index (χ1) is 38.6. The molecule has 0 aromatic carbocycles. The van der Waals surface area contributed by atoms with Gasteiger partial charge in [-0.15, -0.1) is 0 Å². The normalized spacial score (nSPS) is 24.2. The molecule has 0 aromatic heterocycles. The largest absolute Gasteiger partial charge is 0.457 e. The Morgan fingerprint density at radius 3 is 1.23 bits per heavy atom. The van der Waals surface area contributed by atoms with Gasteiger partial charge in [0.15, 0.2) is 12.6 Å². The summed E-state index contributed by atoms with van der Waals surface area (Å²) in [6.07, 6.45) is 46.4. The third-order valence-electron chi connectivity index (χ3n) is 15.7. The third-order valence-corrected chi connectivity index (χ3v) is 15.7. The van der Waals surface area contributed by atoms with Crippen molar-refractivity contribution in [2.24, 2.45) is 0 Å². The minimum absolute atomic E-state index is 0.0596. The number of ether oxygens (including phenoxy) is 6. The van der Waals surface area contributed by atoms with E-state index in [-0.39, 0.29) is 25.6 Å². The van der Waals surface area contributed by atoms with Crippen molar-refractivity contribution in [3.8, 4) is 0 Å². The molecule has 14 nitrogen and oxygen atoms in total. The van der Waals surface area contributed by atoms with Crippen LogP contribution >= 0.6 is 0 Å². The second-order valence-corrected chi connectivity index (χ2v) is 22.9. The number of aliphatic hydroxyl groups excluding tert-OH is 7. The molecule has 464 valence electrons. The first kappa shape index (κ1) is 73.3. The van der Waals surface area contributed by atoms with Crippen LogP contribution in [0.5, 0.6) is 0 Å². The van der Waals surface area contributed by atoms with Gasteiger partial charge in [-0.05, 0) is 51.4 Å². The summed E-state index contributed by atoms with van der Waals surface area (Å²) < 4.78 is 34.5. The van der Waals surface area contributed by atoms with E-state index in [1.165, 1.54) is 173 Å². The van der Waals surface area contributed by atoms with Crippen LogP contribution < -0.4 is 0 Å². The second kappa shape index (κ2) is 51.8. The number of esters is 1. The van der Waals surface area contributed by atoms with Crippen molar-refractivity contribution < 1.29 is 69.0 Å². The van der Waals surface area contributed by atoms with Crippen LogP contribution in [0.4, 0.5) is 0 Å². The number of aliphatic hydroxyl groups is 7. The molecular formula is C65H120O14. The first-order valence-electron chi connectivity index (χ1n) is 32.6. The molecule has 0 radical (unpaired) electrons. The molecule has 2 aliphatic rings. The number of rotatable bonds is 54. The summed E-state index contributed by atoms with van der Waals surface area (Å²) in [6.45, 7) is 3.72. The van der Waals surface area contributed by atoms with Crippen LogP contribution in [0, 0.1) is 0 Å². The van der Waals surface area contributed by atoms with E-state index in [0.717, 1.165) is 70.6 Å². The van der Waals surface area contributed by atoms with E-state index in [1.807, 2.05) is 0 Å². The lowest BCUT2D eigenvalue weighted by Crippen LogP contribution is -2.61. The molecule has 2 heterocycles. The summed E-state index contributed by atoms with van der Waals surface area (Å²) in [5, 5.41) is 72.5. The van der Waals surface area contributed by atoms with Gasteiger partial charge >= 0.3 is 5.97 Å². The molecule has 79 heavy (non-hydrogen) atoms. The van der Waals surface area contributed by atoms with Crippen molar-refractivity contribution in [2.75, 3.05) is 33.0 Å². The van der Waals surface area contributed by atoms with Crippen LogP contribution in [-0.4, -0.2) is 142 Å². The Hall–Kier alpha value is -1.79. The molecule has 0 spiro atoms. The lowest BCUT2D eigenvalue weighted by atomic mass is 9.98. The molecular weight excluding hydrogens is 1000 g/mol. The van der Waals surface area contributed by atoms with Crippen molar-refractivity contribution in [3.63, 3.8) is 0 Å². The highest BCUT2D eigenvalue weighted by Gasteiger charge is 2.47. The van der Waals surface area contributed by atoms with Gasteiger partial charge in [-0.25, -0.2) is 0 Å².